The fourth-order valence-corrected chi connectivity index (χ4v) is 3.58. The van der Waals surface area contributed by atoms with Crippen LogP contribution < -0.4 is 10.9 Å². The molecular weight excluding hydrogens is 328 g/mol. The largest absolute Gasteiger partial charge is 0.480 e. The summed E-state index contributed by atoms with van der Waals surface area (Å²) < 4.78 is 1.40. The summed E-state index contributed by atoms with van der Waals surface area (Å²) in [6.45, 7) is 0.259. The van der Waals surface area contributed by atoms with Gasteiger partial charge in [-0.3, -0.25) is 9.36 Å². The monoisotopic (exact) mass is 344 g/mol. The number of carboxylic acids is 1. The van der Waals surface area contributed by atoms with Crippen LogP contribution in [0.15, 0.2) is 35.1 Å². The fourth-order valence-electron chi connectivity index (χ4n) is 3.46. The quantitative estimate of drug-likeness (QED) is 0.894. The maximum absolute atomic E-state index is 12.5. The van der Waals surface area contributed by atoms with E-state index in [4.69, 9.17) is 11.6 Å². The number of carbonyl (C=O) groups is 1. The van der Waals surface area contributed by atoms with Crippen molar-refractivity contribution >= 4 is 23.4 Å². The minimum Gasteiger partial charge on any atom is -0.480 e. The zero-order valence-corrected chi connectivity index (χ0v) is 13.7. The van der Waals surface area contributed by atoms with Crippen molar-refractivity contribution in [3.8, 4) is 0 Å². The van der Waals surface area contributed by atoms with Crippen LogP contribution in [0.25, 0.3) is 0 Å². The van der Waals surface area contributed by atoms with E-state index >= 15 is 0 Å². The van der Waals surface area contributed by atoms with E-state index in [1.165, 1.54) is 4.57 Å². The molecule has 0 saturated heterocycles. The highest BCUT2D eigenvalue weighted by Crippen LogP contribution is 2.46. The summed E-state index contributed by atoms with van der Waals surface area (Å²) in [4.78, 5) is 23.9. The van der Waals surface area contributed by atoms with Crippen molar-refractivity contribution in [2.45, 2.75) is 31.2 Å². The number of carboxylic acid groups (broad SMARTS) is 1. The minimum absolute atomic E-state index is 0.254. The number of anilines is 1. The Labute approximate surface area is 143 Å². The maximum atomic E-state index is 12.5. The average Bonchev–Trinajstić information content (AvgIpc) is 3.26. The molecule has 4 rings (SSSR count). The van der Waals surface area contributed by atoms with Gasteiger partial charge in [-0.05, 0) is 54.0 Å². The van der Waals surface area contributed by atoms with Crippen molar-refractivity contribution in [1.82, 2.24) is 4.57 Å². The number of fused-ring (bicyclic) bond motifs is 1. The van der Waals surface area contributed by atoms with Crippen LogP contribution in [-0.4, -0.2) is 22.2 Å². The number of hydrogen-bond donors (Lipinski definition) is 2. The van der Waals surface area contributed by atoms with Gasteiger partial charge in [0.15, 0.2) is 6.04 Å². The Morgan fingerprint density at radius 2 is 2.00 bits per heavy atom. The summed E-state index contributed by atoms with van der Waals surface area (Å²) in [5.41, 5.74) is 2.91. The van der Waals surface area contributed by atoms with Gasteiger partial charge in [0.2, 0.25) is 0 Å². The summed E-state index contributed by atoms with van der Waals surface area (Å²) in [6.07, 6.45) is 2.81. The summed E-state index contributed by atoms with van der Waals surface area (Å²) in [5, 5.41) is 13.2. The summed E-state index contributed by atoms with van der Waals surface area (Å²) >= 11 is 5.94. The molecule has 0 spiro atoms. The molecule has 2 heterocycles. The highest BCUT2D eigenvalue weighted by atomic mass is 35.5. The number of benzene rings is 1. The Kier molecular flexibility index (Phi) is 3.61. The molecule has 6 heteroatoms. The Bertz CT molecular complexity index is 869. The van der Waals surface area contributed by atoms with Gasteiger partial charge in [-0.1, -0.05) is 23.7 Å². The normalized spacial score (nSPS) is 19.0. The Morgan fingerprint density at radius 3 is 2.62 bits per heavy atom. The lowest BCUT2D eigenvalue weighted by Crippen LogP contribution is -2.28. The second-order valence-corrected chi connectivity index (χ2v) is 6.89. The molecule has 1 saturated carbocycles. The Balaban J connectivity index is 1.81. The lowest BCUT2D eigenvalue weighted by atomic mass is 9.97. The Hall–Kier alpha value is -2.27. The predicted octanol–water partition coefficient (Wildman–Crippen LogP) is 3.02. The standard InChI is InChI=1S/C18H17ClN2O3/c19-13-5-1-10(2-6-13)7-12-8-15(22)21-14(18(23)24)9-20-17(21)16(12)11-3-4-11/h1-2,5-6,8,11,14,20H,3-4,7,9H2,(H,23,24). The molecule has 5 nitrogen and oxygen atoms in total. The average molecular weight is 345 g/mol. The molecule has 1 fully saturated rings. The number of nitrogens with one attached hydrogen (secondary N) is 1. The van der Waals surface area contributed by atoms with Crippen LogP contribution in [0.1, 0.15) is 41.5 Å². The number of aromatic nitrogens is 1. The SMILES string of the molecule is O=C(O)C1CNc2c(C3CC3)c(Cc3ccc(Cl)cc3)cc(=O)n21. The van der Waals surface area contributed by atoms with E-state index < -0.39 is 12.0 Å². The molecule has 1 aliphatic carbocycles. The highest BCUT2D eigenvalue weighted by molar-refractivity contribution is 6.30. The maximum Gasteiger partial charge on any atom is 0.328 e. The van der Waals surface area contributed by atoms with Gasteiger partial charge in [-0.25, -0.2) is 4.79 Å². The van der Waals surface area contributed by atoms with Crippen LogP contribution in [0, 0.1) is 0 Å². The van der Waals surface area contributed by atoms with Crippen LogP contribution >= 0.6 is 11.6 Å². The van der Waals surface area contributed by atoms with Gasteiger partial charge < -0.3 is 10.4 Å². The van der Waals surface area contributed by atoms with E-state index in [0.717, 1.165) is 29.5 Å². The van der Waals surface area contributed by atoms with Crippen LogP contribution in [0.4, 0.5) is 5.82 Å². The molecule has 1 unspecified atom stereocenters. The molecule has 124 valence electrons. The van der Waals surface area contributed by atoms with Gasteiger partial charge >= 0.3 is 5.97 Å². The van der Waals surface area contributed by atoms with Crippen molar-refractivity contribution < 1.29 is 9.90 Å². The van der Waals surface area contributed by atoms with Crippen LogP contribution in [0.2, 0.25) is 5.02 Å². The third-order valence-corrected chi connectivity index (χ3v) is 4.98. The molecule has 0 amide bonds. The van der Waals surface area contributed by atoms with Gasteiger partial charge in [0, 0.05) is 17.6 Å². The molecule has 1 aromatic carbocycles. The third-order valence-electron chi connectivity index (χ3n) is 4.73. The molecule has 2 aliphatic rings. The minimum atomic E-state index is -0.976. The molecule has 24 heavy (non-hydrogen) atoms. The molecular formula is C18H17ClN2O3. The lowest BCUT2D eigenvalue weighted by molar-refractivity contribution is -0.140. The first-order valence-electron chi connectivity index (χ1n) is 8.04. The van der Waals surface area contributed by atoms with E-state index in [1.807, 2.05) is 24.3 Å². The molecule has 0 bridgehead atoms. The predicted molar refractivity (Wildman–Crippen MR) is 92.1 cm³/mol. The van der Waals surface area contributed by atoms with Crippen LogP contribution in [0.5, 0.6) is 0 Å². The van der Waals surface area contributed by atoms with Crippen LogP contribution in [0.3, 0.4) is 0 Å². The molecule has 1 aromatic heterocycles. The van der Waals surface area contributed by atoms with Crippen molar-refractivity contribution in [2.24, 2.45) is 0 Å². The first-order chi connectivity index (χ1) is 11.5. The van der Waals surface area contributed by atoms with E-state index in [0.29, 0.717) is 23.2 Å². The fraction of sp³-hybridized carbons (Fsp3) is 0.333. The first kappa shape index (κ1) is 15.3. The number of rotatable bonds is 4. The topological polar surface area (TPSA) is 71.3 Å². The van der Waals surface area contributed by atoms with Crippen molar-refractivity contribution in [3.05, 3.63) is 62.4 Å². The number of pyridine rings is 1. The Morgan fingerprint density at radius 1 is 1.29 bits per heavy atom. The van der Waals surface area contributed by atoms with E-state index in [9.17, 15) is 14.7 Å². The van der Waals surface area contributed by atoms with Crippen LogP contribution in [-0.2, 0) is 11.2 Å². The molecule has 0 radical (unpaired) electrons. The number of hydrogen-bond acceptors (Lipinski definition) is 3. The van der Waals surface area contributed by atoms with E-state index in [2.05, 4.69) is 5.32 Å². The van der Waals surface area contributed by atoms with E-state index in [1.54, 1.807) is 6.07 Å². The number of aliphatic carboxylic acids is 1. The van der Waals surface area contributed by atoms with Gasteiger partial charge in [0.1, 0.15) is 5.82 Å². The smallest absolute Gasteiger partial charge is 0.328 e. The summed E-state index contributed by atoms with van der Waals surface area (Å²) in [6, 6.07) is 8.37. The zero-order chi connectivity index (χ0) is 16.8. The number of halogens is 1. The van der Waals surface area contributed by atoms with Crippen molar-refractivity contribution in [3.63, 3.8) is 0 Å². The van der Waals surface area contributed by atoms with Crippen molar-refractivity contribution in [2.75, 3.05) is 11.9 Å². The second kappa shape index (κ2) is 5.67. The summed E-state index contributed by atoms with van der Waals surface area (Å²) in [5.74, 6) is 0.131. The van der Waals surface area contributed by atoms with Gasteiger partial charge in [-0.2, -0.15) is 0 Å². The van der Waals surface area contributed by atoms with Crippen molar-refractivity contribution in [1.29, 1.82) is 0 Å². The first-order valence-corrected chi connectivity index (χ1v) is 8.42. The number of nitrogens with zero attached hydrogens (tertiary/aromatic N) is 1. The van der Waals surface area contributed by atoms with E-state index in [-0.39, 0.29) is 12.1 Å². The molecule has 1 atom stereocenters. The third kappa shape index (κ3) is 2.59. The molecule has 1 aliphatic heterocycles. The highest BCUT2D eigenvalue weighted by Gasteiger charge is 2.36. The van der Waals surface area contributed by atoms with Gasteiger partial charge in [0.25, 0.3) is 5.56 Å². The summed E-state index contributed by atoms with van der Waals surface area (Å²) in [7, 11) is 0. The lowest BCUT2D eigenvalue weighted by Gasteiger charge is -2.16. The zero-order valence-electron chi connectivity index (χ0n) is 13.0. The van der Waals surface area contributed by atoms with Gasteiger partial charge in [0.05, 0.1) is 0 Å². The molecule has 2 aromatic rings. The second-order valence-electron chi connectivity index (χ2n) is 6.45. The van der Waals surface area contributed by atoms with Gasteiger partial charge in [-0.15, -0.1) is 0 Å². The molecule has 2 N–H and O–H groups in total.